The van der Waals surface area contributed by atoms with Gasteiger partial charge in [-0.25, -0.2) is 5.11 Å². The summed E-state index contributed by atoms with van der Waals surface area (Å²) in [5.74, 6) is -0.837. The van der Waals surface area contributed by atoms with E-state index in [0.717, 1.165) is 0 Å². The van der Waals surface area contributed by atoms with Crippen molar-refractivity contribution in [3.63, 3.8) is 0 Å². The summed E-state index contributed by atoms with van der Waals surface area (Å²) in [4.78, 5) is 10.4. The lowest BCUT2D eigenvalue weighted by Crippen LogP contribution is -2.19. The fraction of sp³-hybridized carbons (Fsp3) is 0.125. The number of nitrogens with two attached hydrogens (primary N) is 1. The molecule has 1 radical (unpaired) electrons. The van der Waals surface area contributed by atoms with Crippen LogP contribution in [0.1, 0.15) is 11.7 Å². The Balaban J connectivity index is 2.85. The van der Waals surface area contributed by atoms with Gasteiger partial charge in [-0.15, -0.1) is 0 Å². The first-order chi connectivity index (χ1) is 5.22. The van der Waals surface area contributed by atoms with Crippen molar-refractivity contribution in [3.8, 4) is 0 Å². The fourth-order valence-corrected chi connectivity index (χ4v) is 0.792. The number of amides is 1. The summed E-state index contributed by atoms with van der Waals surface area (Å²) in [5.41, 5.74) is 5.23. The average molecular weight is 150 g/mol. The Morgan fingerprint density at radius 2 is 1.82 bits per heavy atom. The predicted octanol–water partition coefficient (Wildman–Crippen LogP) is 0.643. The summed E-state index contributed by atoms with van der Waals surface area (Å²) < 4.78 is 0. The van der Waals surface area contributed by atoms with Crippen LogP contribution in [0, 0.1) is 0 Å². The molecule has 1 rings (SSSR count). The van der Waals surface area contributed by atoms with Crippen molar-refractivity contribution in [2.75, 3.05) is 0 Å². The molecular weight excluding hydrogens is 142 g/mol. The summed E-state index contributed by atoms with van der Waals surface area (Å²) in [6.07, 6.45) is -1.43. The number of rotatable bonds is 2. The summed E-state index contributed by atoms with van der Waals surface area (Å²) in [6, 6.07) is 8.34. The molecule has 0 spiro atoms. The van der Waals surface area contributed by atoms with Crippen LogP contribution in [-0.2, 0) is 9.90 Å². The van der Waals surface area contributed by atoms with Crippen molar-refractivity contribution in [2.45, 2.75) is 6.10 Å². The van der Waals surface area contributed by atoms with E-state index in [1.807, 2.05) is 0 Å². The van der Waals surface area contributed by atoms with Crippen LogP contribution in [0.2, 0.25) is 0 Å². The van der Waals surface area contributed by atoms with Gasteiger partial charge in [0.25, 0.3) is 5.91 Å². The lowest BCUT2D eigenvalue weighted by Gasteiger charge is -2.01. The maximum absolute atomic E-state index is 11.0. The molecule has 0 bridgehead atoms. The van der Waals surface area contributed by atoms with Crippen LogP contribution < -0.4 is 5.73 Å². The third-order valence-electron chi connectivity index (χ3n) is 1.36. The SMILES string of the molecule is NC(=O)C([O])c1ccccc1. The first-order valence-corrected chi connectivity index (χ1v) is 3.22. The Hall–Kier alpha value is -1.35. The van der Waals surface area contributed by atoms with Crippen LogP contribution >= 0.6 is 0 Å². The van der Waals surface area contributed by atoms with Gasteiger partial charge in [0.2, 0.25) is 0 Å². The maximum Gasteiger partial charge on any atom is 0.254 e. The number of benzene rings is 1. The third-order valence-corrected chi connectivity index (χ3v) is 1.36. The van der Waals surface area contributed by atoms with E-state index in [-0.39, 0.29) is 0 Å². The van der Waals surface area contributed by atoms with E-state index < -0.39 is 12.0 Å². The van der Waals surface area contributed by atoms with Gasteiger partial charge in [-0.05, 0) is 5.56 Å². The topological polar surface area (TPSA) is 63.0 Å². The molecule has 1 aromatic rings. The van der Waals surface area contributed by atoms with Crippen molar-refractivity contribution < 1.29 is 9.90 Å². The maximum atomic E-state index is 11.0. The Morgan fingerprint density at radius 1 is 1.27 bits per heavy atom. The van der Waals surface area contributed by atoms with Gasteiger partial charge in [-0.3, -0.25) is 4.79 Å². The lowest BCUT2D eigenvalue weighted by molar-refractivity contribution is -0.129. The molecule has 1 amide bonds. The predicted molar refractivity (Wildman–Crippen MR) is 39.1 cm³/mol. The smallest absolute Gasteiger partial charge is 0.254 e. The molecule has 1 unspecified atom stereocenters. The van der Waals surface area contributed by atoms with E-state index in [4.69, 9.17) is 5.73 Å². The van der Waals surface area contributed by atoms with Gasteiger partial charge < -0.3 is 5.73 Å². The van der Waals surface area contributed by atoms with Crippen molar-refractivity contribution in [1.29, 1.82) is 0 Å². The highest BCUT2D eigenvalue weighted by Gasteiger charge is 2.14. The van der Waals surface area contributed by atoms with E-state index in [1.54, 1.807) is 30.3 Å². The van der Waals surface area contributed by atoms with Gasteiger partial charge in [0.15, 0.2) is 6.10 Å². The van der Waals surface area contributed by atoms with Crippen LogP contribution in [0.3, 0.4) is 0 Å². The van der Waals surface area contributed by atoms with Gasteiger partial charge in [0.1, 0.15) is 0 Å². The van der Waals surface area contributed by atoms with Crippen molar-refractivity contribution in [3.05, 3.63) is 35.9 Å². The first-order valence-electron chi connectivity index (χ1n) is 3.22. The highest BCUT2D eigenvalue weighted by molar-refractivity contribution is 5.79. The van der Waals surface area contributed by atoms with Crippen molar-refractivity contribution >= 4 is 5.91 Å². The molecule has 0 aliphatic carbocycles. The number of hydrogen-bond donors (Lipinski definition) is 1. The highest BCUT2D eigenvalue weighted by atomic mass is 16.3. The van der Waals surface area contributed by atoms with E-state index in [0.29, 0.717) is 5.56 Å². The minimum Gasteiger partial charge on any atom is -0.367 e. The molecular formula is C8H8NO2. The number of hydrogen-bond acceptors (Lipinski definition) is 1. The largest absolute Gasteiger partial charge is 0.367 e. The molecule has 0 aliphatic rings. The summed E-state index contributed by atoms with van der Waals surface area (Å²) >= 11 is 0. The van der Waals surface area contributed by atoms with Gasteiger partial charge in [-0.1, -0.05) is 30.3 Å². The monoisotopic (exact) mass is 150 g/mol. The lowest BCUT2D eigenvalue weighted by atomic mass is 10.1. The first kappa shape index (κ1) is 7.75. The second-order valence-corrected chi connectivity index (χ2v) is 2.19. The average Bonchev–Trinajstić information content (AvgIpc) is 2.05. The number of primary amides is 1. The molecule has 11 heavy (non-hydrogen) atoms. The van der Waals surface area contributed by atoms with E-state index in [1.165, 1.54) is 0 Å². The minimum absolute atomic E-state index is 0.417. The van der Waals surface area contributed by atoms with Crippen LogP contribution in [-0.4, -0.2) is 5.91 Å². The molecule has 0 aromatic heterocycles. The molecule has 1 atom stereocenters. The third kappa shape index (κ3) is 1.78. The van der Waals surface area contributed by atoms with Crippen LogP contribution in [0.15, 0.2) is 30.3 Å². The van der Waals surface area contributed by atoms with Crippen LogP contribution in [0.5, 0.6) is 0 Å². The Bertz CT molecular complexity index is 246. The van der Waals surface area contributed by atoms with Gasteiger partial charge >= 0.3 is 0 Å². The normalized spacial score (nSPS) is 12.5. The molecule has 57 valence electrons. The van der Waals surface area contributed by atoms with Gasteiger partial charge in [-0.2, -0.15) is 0 Å². The minimum atomic E-state index is -1.43. The Kier molecular flexibility index (Phi) is 2.23. The molecule has 2 N–H and O–H groups in total. The molecule has 0 saturated heterocycles. The van der Waals surface area contributed by atoms with Crippen molar-refractivity contribution in [1.82, 2.24) is 0 Å². The quantitative estimate of drug-likeness (QED) is 0.660. The van der Waals surface area contributed by atoms with Gasteiger partial charge in [0.05, 0.1) is 0 Å². The molecule has 0 heterocycles. The Morgan fingerprint density at radius 3 is 2.27 bits per heavy atom. The zero-order valence-electron chi connectivity index (χ0n) is 5.86. The van der Waals surface area contributed by atoms with Crippen LogP contribution in [0.4, 0.5) is 0 Å². The zero-order valence-corrected chi connectivity index (χ0v) is 5.86. The summed E-state index contributed by atoms with van der Waals surface area (Å²) in [5, 5.41) is 11.0. The van der Waals surface area contributed by atoms with Gasteiger partial charge in [0, 0.05) is 0 Å². The molecule has 0 saturated carbocycles. The second-order valence-electron chi connectivity index (χ2n) is 2.19. The van der Waals surface area contributed by atoms with Crippen LogP contribution in [0.25, 0.3) is 0 Å². The fourth-order valence-electron chi connectivity index (χ4n) is 0.792. The summed E-state index contributed by atoms with van der Waals surface area (Å²) in [6.45, 7) is 0. The molecule has 3 heteroatoms. The molecule has 0 fully saturated rings. The highest BCUT2D eigenvalue weighted by Crippen LogP contribution is 2.10. The zero-order chi connectivity index (χ0) is 8.27. The Labute approximate surface area is 64.5 Å². The summed E-state index contributed by atoms with van der Waals surface area (Å²) in [7, 11) is 0. The second kappa shape index (κ2) is 3.16. The van der Waals surface area contributed by atoms with E-state index in [9.17, 15) is 9.90 Å². The number of carbonyl (C=O) groups excluding carboxylic acids is 1. The molecule has 1 aromatic carbocycles. The number of carbonyl (C=O) groups is 1. The standard InChI is InChI=1S/C8H8NO2/c9-8(11)7(10)6-4-2-1-3-5-6/h1-5,7H,(H2,9,11). The molecule has 3 nitrogen and oxygen atoms in total. The van der Waals surface area contributed by atoms with E-state index in [2.05, 4.69) is 0 Å². The van der Waals surface area contributed by atoms with E-state index >= 15 is 0 Å². The molecule has 0 aliphatic heterocycles. The van der Waals surface area contributed by atoms with Crippen molar-refractivity contribution in [2.24, 2.45) is 5.73 Å².